The number of nitrogen functional groups attached to an aromatic ring is 1. The van der Waals surface area contributed by atoms with Crippen LogP contribution in [-0.2, 0) is 11.3 Å². The summed E-state index contributed by atoms with van der Waals surface area (Å²) in [6.45, 7) is 1.06. The van der Waals surface area contributed by atoms with Crippen LogP contribution in [0.25, 0.3) is 0 Å². The molecule has 1 fully saturated rings. The van der Waals surface area contributed by atoms with Gasteiger partial charge in [-0.3, -0.25) is 24.0 Å². The van der Waals surface area contributed by atoms with Crippen molar-refractivity contribution in [2.24, 2.45) is 5.92 Å². The summed E-state index contributed by atoms with van der Waals surface area (Å²) < 4.78 is 12.1. The summed E-state index contributed by atoms with van der Waals surface area (Å²) in [5, 5.41) is 0. The van der Waals surface area contributed by atoms with Crippen molar-refractivity contribution in [3.8, 4) is 5.75 Å². The number of rotatable bonds is 10. The molecule has 0 bridgehead atoms. The van der Waals surface area contributed by atoms with E-state index in [9.17, 15) is 14.4 Å². The molecule has 0 radical (unpaired) electrons. The molecule has 0 atom stereocenters. The Morgan fingerprint density at radius 2 is 1.82 bits per heavy atom. The van der Waals surface area contributed by atoms with Crippen molar-refractivity contribution in [2.45, 2.75) is 19.4 Å². The number of nitrogens with one attached hydrogen (secondary N) is 1. The van der Waals surface area contributed by atoms with E-state index in [0.717, 1.165) is 5.56 Å². The van der Waals surface area contributed by atoms with E-state index in [0.29, 0.717) is 23.8 Å². The van der Waals surface area contributed by atoms with E-state index in [2.05, 4.69) is 4.98 Å². The van der Waals surface area contributed by atoms with Crippen LogP contribution >= 0.6 is 0 Å². The number of nitrogens with two attached hydrogens (primary N) is 1. The number of hydrogen-bond acceptors (Lipinski definition) is 6. The van der Waals surface area contributed by atoms with E-state index in [-0.39, 0.29) is 31.2 Å². The van der Waals surface area contributed by atoms with Crippen molar-refractivity contribution in [1.29, 1.82) is 0 Å². The number of methoxy groups -OCH3 is 1. The molecule has 1 aromatic heterocycles. The fourth-order valence-electron chi connectivity index (χ4n) is 3.61. The maximum Gasteiger partial charge on any atom is 0.330 e. The van der Waals surface area contributed by atoms with Crippen LogP contribution in [0.5, 0.6) is 5.75 Å². The number of amides is 1. The quantitative estimate of drug-likeness (QED) is 0.475. The molecular weight excluding hydrogens is 436 g/mol. The summed E-state index contributed by atoms with van der Waals surface area (Å²) in [5.74, 6) is 0.770. The Balaban J connectivity index is 1.66. The van der Waals surface area contributed by atoms with Gasteiger partial charge in [-0.1, -0.05) is 30.3 Å². The van der Waals surface area contributed by atoms with E-state index in [4.69, 9.17) is 15.2 Å². The van der Waals surface area contributed by atoms with Crippen LogP contribution in [0.15, 0.2) is 64.2 Å². The third-order valence-electron chi connectivity index (χ3n) is 5.72. The maximum atomic E-state index is 13.4. The summed E-state index contributed by atoms with van der Waals surface area (Å²) in [5.41, 5.74) is 6.01. The highest BCUT2D eigenvalue weighted by atomic mass is 16.5. The van der Waals surface area contributed by atoms with E-state index >= 15 is 0 Å². The summed E-state index contributed by atoms with van der Waals surface area (Å²) in [7, 11) is 1.50. The lowest BCUT2D eigenvalue weighted by Crippen LogP contribution is -2.42. The average Bonchev–Trinajstić information content (AvgIpc) is 3.67. The number of carbonyl (C=O) groups excluding carboxylic acids is 1. The first-order valence-electron chi connectivity index (χ1n) is 11.2. The van der Waals surface area contributed by atoms with Crippen LogP contribution < -0.4 is 26.6 Å². The standard InChI is InChI=1S/C25H28N4O5/c1-33-14-13-28(24(31)19-9-11-20(12-10-19)34-16-18-7-8-18)21-22(26)29(25(32)27-23(21)30)15-17-5-3-2-4-6-17/h2-6,9-12,18H,7-8,13-16,26H2,1H3,(H,27,30,32). The molecule has 1 aliphatic rings. The van der Waals surface area contributed by atoms with Gasteiger partial charge in [0.2, 0.25) is 0 Å². The topological polar surface area (TPSA) is 120 Å². The van der Waals surface area contributed by atoms with Crippen molar-refractivity contribution in [1.82, 2.24) is 9.55 Å². The van der Waals surface area contributed by atoms with Gasteiger partial charge in [-0.15, -0.1) is 0 Å². The number of carbonyl (C=O) groups is 1. The highest BCUT2D eigenvalue weighted by Gasteiger charge is 2.26. The molecule has 178 valence electrons. The molecule has 34 heavy (non-hydrogen) atoms. The number of benzene rings is 2. The van der Waals surface area contributed by atoms with E-state index < -0.39 is 17.2 Å². The number of aromatic amines is 1. The average molecular weight is 465 g/mol. The monoisotopic (exact) mass is 464 g/mol. The normalized spacial score (nSPS) is 13.0. The van der Waals surface area contributed by atoms with Crippen LogP contribution in [0.4, 0.5) is 11.5 Å². The molecule has 1 saturated carbocycles. The molecule has 0 saturated heterocycles. The summed E-state index contributed by atoms with van der Waals surface area (Å²) in [6.07, 6.45) is 2.38. The number of hydrogen-bond donors (Lipinski definition) is 2. The highest BCUT2D eigenvalue weighted by Crippen LogP contribution is 2.29. The molecule has 9 nitrogen and oxygen atoms in total. The number of aromatic nitrogens is 2. The third-order valence-corrected chi connectivity index (χ3v) is 5.72. The van der Waals surface area contributed by atoms with Gasteiger partial charge in [0, 0.05) is 19.2 Å². The molecular formula is C25H28N4O5. The Labute approximate surface area is 196 Å². The first kappa shape index (κ1) is 23.3. The Morgan fingerprint density at radius 1 is 1.12 bits per heavy atom. The lowest BCUT2D eigenvalue weighted by Gasteiger charge is -2.24. The molecule has 3 aromatic rings. The zero-order valence-electron chi connectivity index (χ0n) is 19.0. The van der Waals surface area contributed by atoms with Crippen molar-refractivity contribution in [3.63, 3.8) is 0 Å². The SMILES string of the molecule is COCCN(C(=O)c1ccc(OCC2CC2)cc1)c1c(N)n(Cc2ccccc2)c(=O)[nH]c1=O. The van der Waals surface area contributed by atoms with Gasteiger partial charge in [0.05, 0.1) is 19.8 Å². The summed E-state index contributed by atoms with van der Waals surface area (Å²) in [6, 6.07) is 16.0. The smallest absolute Gasteiger partial charge is 0.330 e. The molecule has 0 unspecified atom stereocenters. The minimum atomic E-state index is -0.736. The van der Waals surface area contributed by atoms with Gasteiger partial charge >= 0.3 is 5.69 Å². The summed E-state index contributed by atoms with van der Waals surface area (Å²) in [4.78, 5) is 42.3. The van der Waals surface area contributed by atoms with Crippen molar-refractivity contribution >= 4 is 17.4 Å². The number of nitrogens with zero attached hydrogens (tertiary/aromatic N) is 2. The Hall–Kier alpha value is -3.85. The third kappa shape index (κ3) is 5.37. The molecule has 4 rings (SSSR count). The van der Waals surface area contributed by atoms with Gasteiger partial charge in [-0.25, -0.2) is 4.79 Å². The Morgan fingerprint density at radius 3 is 2.47 bits per heavy atom. The number of ether oxygens (including phenoxy) is 2. The Kier molecular flexibility index (Phi) is 7.12. The highest BCUT2D eigenvalue weighted by molar-refractivity contribution is 6.07. The van der Waals surface area contributed by atoms with E-state index in [1.54, 1.807) is 24.3 Å². The second kappa shape index (κ2) is 10.4. The van der Waals surface area contributed by atoms with Crippen LogP contribution in [-0.4, -0.2) is 42.3 Å². The fourth-order valence-corrected chi connectivity index (χ4v) is 3.61. The van der Waals surface area contributed by atoms with Crippen LogP contribution in [0, 0.1) is 5.92 Å². The molecule has 1 amide bonds. The van der Waals surface area contributed by atoms with Crippen LogP contribution in [0.1, 0.15) is 28.8 Å². The zero-order valence-corrected chi connectivity index (χ0v) is 19.0. The number of H-pyrrole nitrogens is 1. The van der Waals surface area contributed by atoms with Crippen molar-refractivity contribution in [3.05, 3.63) is 86.6 Å². The predicted molar refractivity (Wildman–Crippen MR) is 129 cm³/mol. The predicted octanol–water partition coefficient (Wildman–Crippen LogP) is 2.25. The van der Waals surface area contributed by atoms with Gasteiger partial charge < -0.3 is 15.2 Å². The van der Waals surface area contributed by atoms with Crippen molar-refractivity contribution < 1.29 is 14.3 Å². The minimum Gasteiger partial charge on any atom is -0.493 e. The molecule has 0 spiro atoms. The van der Waals surface area contributed by atoms with Gasteiger partial charge in [-0.2, -0.15) is 0 Å². The lowest BCUT2D eigenvalue weighted by molar-refractivity contribution is 0.0975. The second-order valence-corrected chi connectivity index (χ2v) is 8.29. The van der Waals surface area contributed by atoms with Gasteiger partial charge in [0.15, 0.2) is 5.69 Å². The molecule has 3 N–H and O–H groups in total. The Bertz CT molecular complexity index is 1250. The number of anilines is 2. The molecule has 1 aliphatic carbocycles. The van der Waals surface area contributed by atoms with E-state index in [1.807, 2.05) is 30.3 Å². The summed E-state index contributed by atoms with van der Waals surface area (Å²) >= 11 is 0. The molecule has 2 aromatic carbocycles. The maximum absolute atomic E-state index is 13.4. The van der Waals surface area contributed by atoms with Crippen molar-refractivity contribution in [2.75, 3.05) is 37.5 Å². The lowest BCUT2D eigenvalue weighted by atomic mass is 10.1. The van der Waals surface area contributed by atoms with Gasteiger partial charge in [0.25, 0.3) is 11.5 Å². The second-order valence-electron chi connectivity index (χ2n) is 8.29. The fraction of sp³-hybridized carbons (Fsp3) is 0.320. The first-order chi connectivity index (χ1) is 16.5. The molecule has 0 aliphatic heterocycles. The molecule has 1 heterocycles. The van der Waals surface area contributed by atoms with E-state index in [1.165, 1.54) is 29.4 Å². The van der Waals surface area contributed by atoms with Gasteiger partial charge in [-0.05, 0) is 48.6 Å². The minimum absolute atomic E-state index is 0.0755. The van der Waals surface area contributed by atoms with Gasteiger partial charge in [0.1, 0.15) is 11.6 Å². The van der Waals surface area contributed by atoms with Crippen LogP contribution in [0.2, 0.25) is 0 Å². The first-order valence-corrected chi connectivity index (χ1v) is 11.2. The largest absolute Gasteiger partial charge is 0.493 e. The zero-order chi connectivity index (χ0) is 24.1. The molecule has 9 heteroatoms. The van der Waals surface area contributed by atoms with Crippen LogP contribution in [0.3, 0.4) is 0 Å².